The van der Waals surface area contributed by atoms with E-state index in [4.69, 9.17) is 10.00 Å². The van der Waals surface area contributed by atoms with Crippen molar-refractivity contribution in [2.75, 3.05) is 0 Å². The molecule has 0 saturated heterocycles. The fraction of sp³-hybridized carbons (Fsp3) is 0.0625. The maximum absolute atomic E-state index is 9.07. The molecular weight excluding hydrogens is 264 g/mol. The molecule has 0 radical (unpaired) electrons. The van der Waals surface area contributed by atoms with Crippen LogP contribution in [-0.2, 0) is 6.61 Å². The lowest BCUT2D eigenvalue weighted by atomic mass is 10.1. The van der Waals surface area contributed by atoms with Gasteiger partial charge in [-0.15, -0.1) is 5.10 Å². The van der Waals surface area contributed by atoms with Crippen molar-refractivity contribution in [3.63, 3.8) is 0 Å². The molecule has 102 valence electrons. The van der Waals surface area contributed by atoms with E-state index in [0.717, 1.165) is 11.1 Å². The van der Waals surface area contributed by atoms with Gasteiger partial charge in [0.15, 0.2) is 5.69 Å². The molecule has 0 aliphatic heterocycles. The number of nitrogens with zero attached hydrogens (tertiary/aromatic N) is 3. The SMILES string of the molecule is N#Cc1[nH]nnc1-c1ccccc1OCc1ccccc1. The Morgan fingerprint density at radius 3 is 2.62 bits per heavy atom. The molecule has 1 aromatic heterocycles. The summed E-state index contributed by atoms with van der Waals surface area (Å²) in [7, 11) is 0. The number of hydrogen-bond donors (Lipinski definition) is 1. The fourth-order valence-corrected chi connectivity index (χ4v) is 2.02. The van der Waals surface area contributed by atoms with Crippen molar-refractivity contribution < 1.29 is 4.74 Å². The molecule has 0 atom stereocenters. The Morgan fingerprint density at radius 2 is 1.81 bits per heavy atom. The zero-order chi connectivity index (χ0) is 14.5. The maximum Gasteiger partial charge on any atom is 0.163 e. The summed E-state index contributed by atoms with van der Waals surface area (Å²) in [5.41, 5.74) is 2.65. The molecule has 0 aliphatic rings. The van der Waals surface area contributed by atoms with Crippen LogP contribution in [0.2, 0.25) is 0 Å². The zero-order valence-electron chi connectivity index (χ0n) is 11.2. The highest BCUT2D eigenvalue weighted by Gasteiger charge is 2.14. The molecule has 0 bridgehead atoms. The molecule has 0 saturated carbocycles. The van der Waals surface area contributed by atoms with E-state index in [1.54, 1.807) is 0 Å². The number of para-hydroxylation sites is 1. The number of hydrogen-bond acceptors (Lipinski definition) is 4. The third kappa shape index (κ3) is 2.74. The molecule has 0 amide bonds. The highest BCUT2D eigenvalue weighted by atomic mass is 16.5. The molecule has 5 heteroatoms. The Hall–Kier alpha value is -3.13. The second-order valence-corrected chi connectivity index (χ2v) is 4.42. The summed E-state index contributed by atoms with van der Waals surface area (Å²) in [5, 5.41) is 19.3. The van der Waals surface area contributed by atoms with Crippen molar-refractivity contribution in [1.29, 1.82) is 5.26 Å². The average Bonchev–Trinajstić information content (AvgIpc) is 3.02. The summed E-state index contributed by atoms with van der Waals surface area (Å²) >= 11 is 0. The van der Waals surface area contributed by atoms with Gasteiger partial charge >= 0.3 is 0 Å². The van der Waals surface area contributed by atoms with Gasteiger partial charge in [-0.3, -0.25) is 0 Å². The number of ether oxygens (including phenoxy) is 1. The molecule has 3 rings (SSSR count). The normalized spacial score (nSPS) is 10.0. The van der Waals surface area contributed by atoms with Gasteiger partial charge in [-0.25, -0.2) is 5.10 Å². The van der Waals surface area contributed by atoms with E-state index in [1.165, 1.54) is 0 Å². The first kappa shape index (κ1) is 12.9. The number of rotatable bonds is 4. The Bertz CT molecular complexity index is 774. The van der Waals surface area contributed by atoms with E-state index in [2.05, 4.69) is 15.4 Å². The van der Waals surface area contributed by atoms with Gasteiger partial charge in [0.2, 0.25) is 0 Å². The number of benzene rings is 2. The van der Waals surface area contributed by atoms with Crippen LogP contribution in [0.15, 0.2) is 54.6 Å². The average molecular weight is 276 g/mol. The first-order valence-electron chi connectivity index (χ1n) is 6.46. The summed E-state index contributed by atoms with van der Waals surface area (Å²) < 4.78 is 5.86. The summed E-state index contributed by atoms with van der Waals surface area (Å²) in [4.78, 5) is 0. The van der Waals surface area contributed by atoms with Crippen LogP contribution in [-0.4, -0.2) is 15.4 Å². The predicted molar refractivity (Wildman–Crippen MR) is 77.3 cm³/mol. The fourth-order valence-electron chi connectivity index (χ4n) is 2.02. The zero-order valence-corrected chi connectivity index (χ0v) is 11.2. The summed E-state index contributed by atoms with van der Waals surface area (Å²) in [6.45, 7) is 0.456. The third-order valence-electron chi connectivity index (χ3n) is 3.04. The molecule has 21 heavy (non-hydrogen) atoms. The Kier molecular flexibility index (Phi) is 3.61. The quantitative estimate of drug-likeness (QED) is 0.795. The Morgan fingerprint density at radius 1 is 1.05 bits per heavy atom. The summed E-state index contributed by atoms with van der Waals surface area (Å²) in [6, 6.07) is 19.4. The van der Waals surface area contributed by atoms with Crippen molar-refractivity contribution in [3.05, 3.63) is 65.9 Å². The van der Waals surface area contributed by atoms with Gasteiger partial charge in [0.05, 0.1) is 0 Å². The van der Waals surface area contributed by atoms with Crippen LogP contribution in [0.4, 0.5) is 0 Å². The molecule has 2 aromatic carbocycles. The maximum atomic E-state index is 9.07. The molecule has 5 nitrogen and oxygen atoms in total. The van der Waals surface area contributed by atoms with Crippen molar-refractivity contribution in [3.8, 4) is 23.1 Å². The molecular formula is C16H12N4O. The van der Waals surface area contributed by atoms with Gasteiger partial charge in [-0.2, -0.15) is 5.26 Å². The molecule has 1 heterocycles. The number of aromatic nitrogens is 3. The summed E-state index contributed by atoms with van der Waals surface area (Å²) in [6.07, 6.45) is 0. The lowest BCUT2D eigenvalue weighted by Crippen LogP contribution is -1.97. The lowest BCUT2D eigenvalue weighted by molar-refractivity contribution is 0.307. The van der Waals surface area contributed by atoms with Gasteiger partial charge in [-0.05, 0) is 17.7 Å². The van der Waals surface area contributed by atoms with E-state index in [0.29, 0.717) is 23.7 Å². The minimum Gasteiger partial charge on any atom is -0.488 e. The lowest BCUT2D eigenvalue weighted by Gasteiger charge is -2.10. The van der Waals surface area contributed by atoms with Gasteiger partial charge in [0.25, 0.3) is 0 Å². The molecule has 0 spiro atoms. The van der Waals surface area contributed by atoms with Crippen molar-refractivity contribution in [1.82, 2.24) is 15.4 Å². The summed E-state index contributed by atoms with van der Waals surface area (Å²) in [5.74, 6) is 0.673. The van der Waals surface area contributed by atoms with Crippen LogP contribution in [0, 0.1) is 11.3 Å². The van der Waals surface area contributed by atoms with Gasteiger partial charge in [-0.1, -0.05) is 47.7 Å². The van der Waals surface area contributed by atoms with E-state index < -0.39 is 0 Å². The molecule has 1 N–H and O–H groups in total. The largest absolute Gasteiger partial charge is 0.488 e. The van der Waals surface area contributed by atoms with Crippen molar-refractivity contribution >= 4 is 0 Å². The van der Waals surface area contributed by atoms with Crippen LogP contribution in [0.3, 0.4) is 0 Å². The Balaban J connectivity index is 1.89. The third-order valence-corrected chi connectivity index (χ3v) is 3.04. The number of aromatic amines is 1. The van der Waals surface area contributed by atoms with Crippen LogP contribution in [0.5, 0.6) is 5.75 Å². The van der Waals surface area contributed by atoms with E-state index in [1.807, 2.05) is 60.7 Å². The highest BCUT2D eigenvalue weighted by molar-refractivity contribution is 5.70. The van der Waals surface area contributed by atoms with Crippen molar-refractivity contribution in [2.24, 2.45) is 0 Å². The monoisotopic (exact) mass is 276 g/mol. The van der Waals surface area contributed by atoms with Crippen LogP contribution in [0.1, 0.15) is 11.3 Å². The topological polar surface area (TPSA) is 74.6 Å². The van der Waals surface area contributed by atoms with E-state index >= 15 is 0 Å². The number of H-pyrrole nitrogens is 1. The van der Waals surface area contributed by atoms with E-state index in [-0.39, 0.29) is 0 Å². The number of nitriles is 1. The second-order valence-electron chi connectivity index (χ2n) is 4.42. The first-order chi connectivity index (χ1) is 10.4. The number of nitrogens with one attached hydrogen (secondary N) is 1. The first-order valence-corrected chi connectivity index (χ1v) is 6.46. The molecule has 0 aliphatic carbocycles. The smallest absolute Gasteiger partial charge is 0.163 e. The predicted octanol–water partition coefficient (Wildman–Crippen LogP) is 2.92. The molecule has 0 fully saturated rings. The van der Waals surface area contributed by atoms with Crippen molar-refractivity contribution in [2.45, 2.75) is 6.61 Å². The minimum atomic E-state index is 0.325. The minimum absolute atomic E-state index is 0.325. The second kappa shape index (κ2) is 5.88. The van der Waals surface area contributed by atoms with Crippen LogP contribution >= 0.6 is 0 Å². The van der Waals surface area contributed by atoms with Gasteiger partial charge in [0.1, 0.15) is 24.1 Å². The Labute approximate surface area is 121 Å². The standard InChI is InChI=1S/C16H12N4O/c17-10-14-16(19-20-18-14)13-8-4-5-9-15(13)21-11-12-6-2-1-3-7-12/h1-9H,11H2,(H,18,19,20). The van der Waals surface area contributed by atoms with Gasteiger partial charge in [0, 0.05) is 5.56 Å². The van der Waals surface area contributed by atoms with Crippen LogP contribution < -0.4 is 4.74 Å². The van der Waals surface area contributed by atoms with E-state index in [9.17, 15) is 0 Å². The van der Waals surface area contributed by atoms with Gasteiger partial charge < -0.3 is 4.74 Å². The molecule has 0 unspecified atom stereocenters. The highest BCUT2D eigenvalue weighted by Crippen LogP contribution is 2.30. The molecule has 3 aromatic rings. The van der Waals surface area contributed by atoms with Crippen LogP contribution in [0.25, 0.3) is 11.3 Å².